The van der Waals surface area contributed by atoms with Crippen LogP contribution >= 0.6 is 23.2 Å². The lowest BCUT2D eigenvalue weighted by Crippen LogP contribution is -2.30. The third-order valence-electron chi connectivity index (χ3n) is 5.11. The predicted molar refractivity (Wildman–Crippen MR) is 98.7 cm³/mol. The van der Waals surface area contributed by atoms with Gasteiger partial charge in [0, 0.05) is 21.7 Å². The Morgan fingerprint density at radius 1 is 1.09 bits per heavy atom. The third kappa shape index (κ3) is 2.47. The zero-order valence-electron chi connectivity index (χ0n) is 13.2. The first kappa shape index (κ1) is 15.1. The molecule has 1 aliphatic carbocycles. The zero-order chi connectivity index (χ0) is 16.1. The number of rotatable bonds is 1. The Kier molecular flexibility index (Phi) is 3.66. The molecule has 0 bridgehead atoms. The molecule has 0 spiro atoms. The van der Waals surface area contributed by atoms with Gasteiger partial charge in [0.2, 0.25) is 0 Å². The van der Waals surface area contributed by atoms with Gasteiger partial charge >= 0.3 is 0 Å². The van der Waals surface area contributed by atoms with E-state index in [1.54, 1.807) is 0 Å². The van der Waals surface area contributed by atoms with Crippen molar-refractivity contribution in [1.82, 2.24) is 0 Å². The predicted octanol–water partition coefficient (Wildman–Crippen LogP) is 6.44. The summed E-state index contributed by atoms with van der Waals surface area (Å²) < 4.78 is 0. The van der Waals surface area contributed by atoms with Crippen LogP contribution in [0.3, 0.4) is 0 Å². The van der Waals surface area contributed by atoms with Gasteiger partial charge < -0.3 is 5.32 Å². The summed E-state index contributed by atoms with van der Waals surface area (Å²) in [7, 11) is 0. The van der Waals surface area contributed by atoms with Gasteiger partial charge in [-0.2, -0.15) is 0 Å². The molecule has 1 heterocycles. The van der Waals surface area contributed by atoms with Crippen LogP contribution in [-0.2, 0) is 0 Å². The van der Waals surface area contributed by atoms with Crippen molar-refractivity contribution in [2.24, 2.45) is 5.92 Å². The van der Waals surface area contributed by atoms with Crippen LogP contribution < -0.4 is 5.32 Å². The number of anilines is 1. The molecule has 0 saturated heterocycles. The number of fused-ring (bicyclic) bond motifs is 3. The van der Waals surface area contributed by atoms with Crippen LogP contribution in [0.1, 0.15) is 40.6 Å². The fourth-order valence-electron chi connectivity index (χ4n) is 4.20. The highest BCUT2D eigenvalue weighted by Crippen LogP contribution is 2.51. The van der Waals surface area contributed by atoms with Gasteiger partial charge in [0.05, 0.1) is 6.04 Å². The van der Waals surface area contributed by atoms with Gasteiger partial charge in [0.1, 0.15) is 0 Å². The molecule has 3 heteroatoms. The lowest BCUT2D eigenvalue weighted by Gasteiger charge is -2.39. The van der Waals surface area contributed by atoms with Gasteiger partial charge in [-0.25, -0.2) is 0 Å². The fraction of sp³-hybridized carbons (Fsp3) is 0.300. The van der Waals surface area contributed by atoms with Crippen LogP contribution in [0, 0.1) is 19.8 Å². The summed E-state index contributed by atoms with van der Waals surface area (Å²) in [6.07, 6.45) is 5.75. The normalized spacial score (nSPS) is 25.0. The van der Waals surface area contributed by atoms with Crippen molar-refractivity contribution in [3.8, 4) is 0 Å². The number of nitrogens with one attached hydrogen (secondary N) is 1. The summed E-state index contributed by atoms with van der Waals surface area (Å²) in [4.78, 5) is 0. The van der Waals surface area contributed by atoms with Gasteiger partial charge in [0.25, 0.3) is 0 Å². The fourth-order valence-corrected chi connectivity index (χ4v) is 4.73. The molecule has 2 aromatic carbocycles. The SMILES string of the molecule is Cc1cc(C)c2c(c1)N[C@H](c1ccc(Cl)cc1Cl)[C@@H]1CC=C[C@H]21. The van der Waals surface area contributed by atoms with Crippen LogP contribution in [0.4, 0.5) is 5.69 Å². The highest BCUT2D eigenvalue weighted by atomic mass is 35.5. The lowest BCUT2D eigenvalue weighted by molar-refractivity contribution is 0.424. The number of allylic oxidation sites excluding steroid dienone is 2. The molecule has 1 nitrogen and oxygen atoms in total. The molecule has 2 aromatic rings. The van der Waals surface area contributed by atoms with E-state index in [0.717, 1.165) is 17.0 Å². The Morgan fingerprint density at radius 2 is 1.91 bits per heavy atom. The van der Waals surface area contributed by atoms with E-state index in [2.05, 4.69) is 49.5 Å². The smallest absolute Gasteiger partial charge is 0.0568 e. The molecule has 0 unspecified atom stereocenters. The second-order valence-corrected chi connectivity index (χ2v) is 7.53. The molecule has 1 N–H and O–H groups in total. The molecule has 1 aliphatic heterocycles. The van der Waals surface area contributed by atoms with E-state index in [1.807, 2.05) is 12.1 Å². The Bertz CT molecular complexity index is 810. The largest absolute Gasteiger partial charge is 0.378 e. The molecule has 0 saturated carbocycles. The zero-order valence-corrected chi connectivity index (χ0v) is 14.7. The second kappa shape index (κ2) is 5.58. The number of hydrogen-bond acceptors (Lipinski definition) is 1. The third-order valence-corrected chi connectivity index (χ3v) is 5.68. The van der Waals surface area contributed by atoms with Crippen LogP contribution in [0.15, 0.2) is 42.5 Å². The maximum absolute atomic E-state index is 6.50. The summed E-state index contributed by atoms with van der Waals surface area (Å²) >= 11 is 12.6. The maximum atomic E-state index is 6.50. The number of halogens is 2. The van der Waals surface area contributed by atoms with Gasteiger partial charge in [-0.05, 0) is 66.6 Å². The summed E-state index contributed by atoms with van der Waals surface area (Å²) in [5.74, 6) is 0.964. The molecule has 23 heavy (non-hydrogen) atoms. The Labute approximate surface area is 147 Å². The lowest BCUT2D eigenvalue weighted by atomic mass is 9.75. The number of hydrogen-bond donors (Lipinski definition) is 1. The van der Waals surface area contributed by atoms with Gasteiger partial charge in [0.15, 0.2) is 0 Å². The minimum absolute atomic E-state index is 0.216. The molecule has 0 fully saturated rings. The molecule has 0 amide bonds. The van der Waals surface area contributed by atoms with Crippen molar-refractivity contribution in [2.45, 2.75) is 32.2 Å². The Hall–Kier alpha value is -1.44. The molecular formula is C20H19Cl2N. The first-order chi connectivity index (χ1) is 11.0. The van der Waals surface area contributed by atoms with E-state index < -0.39 is 0 Å². The van der Waals surface area contributed by atoms with Crippen LogP contribution in [0.2, 0.25) is 10.0 Å². The topological polar surface area (TPSA) is 12.0 Å². The average molecular weight is 344 g/mol. The monoisotopic (exact) mass is 343 g/mol. The molecule has 4 rings (SSSR count). The highest BCUT2D eigenvalue weighted by molar-refractivity contribution is 6.35. The quantitative estimate of drug-likeness (QED) is 0.587. The molecule has 0 aromatic heterocycles. The van der Waals surface area contributed by atoms with Crippen molar-refractivity contribution >= 4 is 28.9 Å². The summed E-state index contributed by atoms with van der Waals surface area (Å²) in [5.41, 5.74) is 6.48. The molecule has 2 aliphatic rings. The van der Waals surface area contributed by atoms with E-state index in [4.69, 9.17) is 23.2 Å². The highest BCUT2D eigenvalue weighted by Gasteiger charge is 2.39. The van der Waals surface area contributed by atoms with Crippen molar-refractivity contribution in [2.75, 3.05) is 5.32 Å². The number of benzene rings is 2. The Balaban J connectivity index is 1.84. The maximum Gasteiger partial charge on any atom is 0.0568 e. The molecule has 3 atom stereocenters. The van der Waals surface area contributed by atoms with Crippen LogP contribution in [0.5, 0.6) is 0 Å². The minimum Gasteiger partial charge on any atom is -0.378 e. The van der Waals surface area contributed by atoms with E-state index in [9.17, 15) is 0 Å². The second-order valence-electron chi connectivity index (χ2n) is 6.68. The van der Waals surface area contributed by atoms with E-state index >= 15 is 0 Å². The molecule has 118 valence electrons. The van der Waals surface area contributed by atoms with Gasteiger partial charge in [-0.1, -0.05) is 47.5 Å². The first-order valence-electron chi connectivity index (χ1n) is 8.04. The van der Waals surface area contributed by atoms with Crippen molar-refractivity contribution in [1.29, 1.82) is 0 Å². The summed E-state index contributed by atoms with van der Waals surface area (Å²) in [6, 6.07) is 10.6. The Morgan fingerprint density at radius 3 is 2.70 bits per heavy atom. The van der Waals surface area contributed by atoms with Crippen molar-refractivity contribution in [3.63, 3.8) is 0 Å². The molecular weight excluding hydrogens is 325 g/mol. The van der Waals surface area contributed by atoms with E-state index in [0.29, 0.717) is 16.9 Å². The first-order valence-corrected chi connectivity index (χ1v) is 8.79. The van der Waals surface area contributed by atoms with Crippen LogP contribution in [0.25, 0.3) is 0 Å². The van der Waals surface area contributed by atoms with E-state index in [-0.39, 0.29) is 6.04 Å². The summed E-state index contributed by atoms with van der Waals surface area (Å²) in [5, 5.41) is 5.19. The van der Waals surface area contributed by atoms with Gasteiger partial charge in [-0.3, -0.25) is 0 Å². The average Bonchev–Trinajstić information content (AvgIpc) is 2.95. The number of aryl methyl sites for hydroxylation is 2. The minimum atomic E-state index is 0.216. The van der Waals surface area contributed by atoms with Crippen LogP contribution in [-0.4, -0.2) is 0 Å². The van der Waals surface area contributed by atoms with E-state index in [1.165, 1.54) is 22.4 Å². The standard InChI is InChI=1S/C20H19Cl2N/c1-11-8-12(2)19-14-4-3-5-15(14)20(23-18(19)9-11)16-7-6-13(21)10-17(16)22/h3-4,6-10,14-15,20,23H,5H2,1-2H3/t14-,15+,20-/m0/s1. The summed E-state index contributed by atoms with van der Waals surface area (Å²) in [6.45, 7) is 4.36. The molecule has 0 radical (unpaired) electrons. The van der Waals surface area contributed by atoms with Crippen molar-refractivity contribution < 1.29 is 0 Å². The van der Waals surface area contributed by atoms with Gasteiger partial charge in [-0.15, -0.1) is 0 Å². The van der Waals surface area contributed by atoms with Crippen molar-refractivity contribution in [3.05, 3.63) is 74.8 Å².